The van der Waals surface area contributed by atoms with Gasteiger partial charge in [-0.05, 0) is 18.4 Å². The summed E-state index contributed by atoms with van der Waals surface area (Å²) >= 11 is 1.19. The Bertz CT molecular complexity index is 1060. The maximum absolute atomic E-state index is 12.8. The highest BCUT2D eigenvalue weighted by atomic mass is 32.1. The Morgan fingerprint density at radius 2 is 1.94 bits per heavy atom. The molecule has 3 rings (SSSR count). The fourth-order valence-electron chi connectivity index (χ4n) is 3.65. The average molecular weight is 500 g/mol. The van der Waals surface area contributed by atoms with Crippen LogP contribution in [0.15, 0.2) is 46.9 Å². The first kappa shape index (κ1) is 25.8. The van der Waals surface area contributed by atoms with Gasteiger partial charge in [0.05, 0.1) is 25.6 Å². The SMILES string of the molecule is NC(N)=NCCC[C@@H](NC(=O)CN1CCN(C(=O)Cc2ccccc2)CC1=O)C(=O)c1nccs1. The summed E-state index contributed by atoms with van der Waals surface area (Å²) in [6.07, 6.45) is 2.53. The number of carbonyl (C=O) groups excluding carboxylic acids is 4. The standard InChI is InChI=1S/C23H29N7O4S/c24-23(25)27-8-4-7-17(21(34)22-26-9-12-35-22)28-18(31)14-29-10-11-30(15-20(29)33)19(32)13-16-5-2-1-3-6-16/h1-3,5-6,9,12,17H,4,7-8,10-11,13-15H2,(H,28,31)(H4,24,25,27)/t17-/m1/s1. The number of nitrogens with one attached hydrogen (secondary N) is 1. The highest BCUT2D eigenvalue weighted by molar-refractivity contribution is 7.11. The summed E-state index contributed by atoms with van der Waals surface area (Å²) in [5, 5.41) is 4.69. The van der Waals surface area contributed by atoms with Crippen molar-refractivity contribution < 1.29 is 19.2 Å². The number of benzene rings is 1. The quantitative estimate of drug-likeness (QED) is 0.166. The zero-order valence-electron chi connectivity index (χ0n) is 19.3. The van der Waals surface area contributed by atoms with E-state index in [1.165, 1.54) is 27.3 Å². The third-order valence-corrected chi connectivity index (χ3v) is 6.23. The lowest BCUT2D eigenvalue weighted by atomic mass is 10.1. The number of Topliss-reactive ketones (excluding diaryl/α,β-unsaturated/α-hetero) is 1. The molecule has 0 radical (unpaired) electrons. The van der Waals surface area contributed by atoms with Crippen molar-refractivity contribution in [1.82, 2.24) is 20.1 Å². The molecule has 186 valence electrons. The molecule has 0 spiro atoms. The van der Waals surface area contributed by atoms with Crippen LogP contribution in [0.2, 0.25) is 0 Å². The molecule has 2 heterocycles. The van der Waals surface area contributed by atoms with Crippen LogP contribution in [0, 0.1) is 0 Å². The summed E-state index contributed by atoms with van der Waals surface area (Å²) in [6, 6.07) is 8.50. The molecule has 0 aliphatic carbocycles. The predicted molar refractivity (Wildman–Crippen MR) is 132 cm³/mol. The van der Waals surface area contributed by atoms with Crippen LogP contribution in [-0.2, 0) is 20.8 Å². The fraction of sp³-hybridized carbons (Fsp3) is 0.391. The Morgan fingerprint density at radius 1 is 1.17 bits per heavy atom. The van der Waals surface area contributed by atoms with Crippen LogP contribution in [0.3, 0.4) is 0 Å². The third-order valence-electron chi connectivity index (χ3n) is 5.44. The summed E-state index contributed by atoms with van der Waals surface area (Å²) in [5.74, 6) is -1.26. The molecule has 1 aliphatic rings. The number of amides is 3. The van der Waals surface area contributed by atoms with Crippen LogP contribution >= 0.6 is 11.3 Å². The minimum absolute atomic E-state index is 0.0447. The second-order valence-corrected chi connectivity index (χ2v) is 8.96. The molecule has 35 heavy (non-hydrogen) atoms. The Kier molecular flexibility index (Phi) is 9.30. The first-order valence-electron chi connectivity index (χ1n) is 11.2. The summed E-state index contributed by atoms with van der Waals surface area (Å²) in [6.45, 7) is 0.610. The Morgan fingerprint density at radius 3 is 2.60 bits per heavy atom. The number of hydrogen-bond donors (Lipinski definition) is 3. The Hall–Kier alpha value is -3.80. The van der Waals surface area contributed by atoms with Crippen molar-refractivity contribution in [3.8, 4) is 0 Å². The average Bonchev–Trinajstić information content (AvgIpc) is 3.37. The van der Waals surface area contributed by atoms with Gasteiger partial charge in [-0.1, -0.05) is 30.3 Å². The number of hydrogen-bond acceptors (Lipinski definition) is 7. The molecule has 5 N–H and O–H groups in total. The minimum Gasteiger partial charge on any atom is -0.370 e. The Labute approximate surface area is 207 Å². The molecule has 3 amide bonds. The summed E-state index contributed by atoms with van der Waals surface area (Å²) in [4.78, 5) is 61.5. The lowest BCUT2D eigenvalue weighted by molar-refractivity contribution is -0.146. The van der Waals surface area contributed by atoms with Crippen molar-refractivity contribution in [3.05, 3.63) is 52.5 Å². The monoisotopic (exact) mass is 499 g/mol. The summed E-state index contributed by atoms with van der Waals surface area (Å²) in [7, 11) is 0. The first-order chi connectivity index (χ1) is 16.8. The van der Waals surface area contributed by atoms with Crippen molar-refractivity contribution >= 4 is 40.8 Å². The molecule has 1 aliphatic heterocycles. The van der Waals surface area contributed by atoms with E-state index in [-0.39, 0.29) is 49.6 Å². The van der Waals surface area contributed by atoms with Crippen molar-refractivity contribution in [2.75, 3.05) is 32.7 Å². The van der Waals surface area contributed by atoms with Gasteiger partial charge in [-0.25, -0.2) is 4.98 Å². The smallest absolute Gasteiger partial charge is 0.242 e. The highest BCUT2D eigenvalue weighted by Gasteiger charge is 2.30. The number of rotatable bonds is 11. The zero-order valence-corrected chi connectivity index (χ0v) is 20.1. The summed E-state index contributed by atoms with van der Waals surface area (Å²) < 4.78 is 0. The van der Waals surface area contributed by atoms with Gasteiger partial charge in [-0.3, -0.25) is 24.2 Å². The largest absolute Gasteiger partial charge is 0.370 e. The van der Waals surface area contributed by atoms with E-state index in [0.29, 0.717) is 30.9 Å². The number of piperazine rings is 1. The number of ketones is 1. The molecule has 0 bridgehead atoms. The molecule has 1 saturated heterocycles. The maximum Gasteiger partial charge on any atom is 0.242 e. The number of aliphatic imine (C=N–C) groups is 1. The molecule has 1 aromatic heterocycles. The number of aromatic nitrogens is 1. The van der Waals surface area contributed by atoms with E-state index < -0.39 is 11.9 Å². The van der Waals surface area contributed by atoms with Crippen LogP contribution in [-0.4, -0.2) is 83.0 Å². The molecule has 1 fully saturated rings. The maximum atomic E-state index is 12.8. The van der Waals surface area contributed by atoms with Gasteiger partial charge < -0.3 is 26.6 Å². The molecule has 1 atom stereocenters. The van der Waals surface area contributed by atoms with Gasteiger partial charge in [-0.2, -0.15) is 0 Å². The van der Waals surface area contributed by atoms with E-state index in [4.69, 9.17) is 11.5 Å². The normalized spacial score (nSPS) is 14.3. The van der Waals surface area contributed by atoms with E-state index in [1.54, 1.807) is 5.38 Å². The molecule has 0 unspecified atom stereocenters. The zero-order chi connectivity index (χ0) is 25.2. The van der Waals surface area contributed by atoms with Crippen molar-refractivity contribution in [2.45, 2.75) is 25.3 Å². The fourth-order valence-corrected chi connectivity index (χ4v) is 4.28. The van der Waals surface area contributed by atoms with Gasteiger partial charge in [0.15, 0.2) is 11.0 Å². The number of nitrogens with zero attached hydrogens (tertiary/aromatic N) is 4. The second kappa shape index (κ2) is 12.6. The lowest BCUT2D eigenvalue weighted by Crippen LogP contribution is -2.55. The van der Waals surface area contributed by atoms with Gasteiger partial charge in [0.25, 0.3) is 0 Å². The summed E-state index contributed by atoms with van der Waals surface area (Å²) in [5.41, 5.74) is 11.5. The first-order valence-corrected chi connectivity index (χ1v) is 12.1. The van der Waals surface area contributed by atoms with Crippen LogP contribution in [0.4, 0.5) is 0 Å². The molecular weight excluding hydrogens is 470 g/mol. The number of thiazole rings is 1. The second-order valence-electron chi connectivity index (χ2n) is 8.06. The molecule has 11 nitrogen and oxygen atoms in total. The lowest BCUT2D eigenvalue weighted by Gasteiger charge is -2.34. The Balaban J connectivity index is 1.53. The molecular formula is C23H29N7O4S. The van der Waals surface area contributed by atoms with Crippen molar-refractivity contribution in [1.29, 1.82) is 0 Å². The van der Waals surface area contributed by atoms with Crippen LogP contribution in [0.1, 0.15) is 28.2 Å². The number of carbonyl (C=O) groups is 4. The molecule has 1 aromatic carbocycles. The minimum atomic E-state index is -0.813. The van der Waals surface area contributed by atoms with E-state index in [2.05, 4.69) is 15.3 Å². The molecule has 12 heteroatoms. The van der Waals surface area contributed by atoms with Gasteiger partial charge in [0.1, 0.15) is 0 Å². The van der Waals surface area contributed by atoms with Crippen LogP contribution < -0.4 is 16.8 Å². The van der Waals surface area contributed by atoms with Gasteiger partial charge in [0.2, 0.25) is 23.5 Å². The predicted octanol–water partition coefficient (Wildman–Crippen LogP) is -0.222. The number of guanidine groups is 1. The van der Waals surface area contributed by atoms with Crippen LogP contribution in [0.5, 0.6) is 0 Å². The van der Waals surface area contributed by atoms with E-state index in [0.717, 1.165) is 5.56 Å². The topological polar surface area (TPSA) is 164 Å². The third kappa shape index (κ3) is 7.88. The highest BCUT2D eigenvalue weighted by Crippen LogP contribution is 2.12. The van der Waals surface area contributed by atoms with Crippen LogP contribution in [0.25, 0.3) is 0 Å². The van der Waals surface area contributed by atoms with Crippen molar-refractivity contribution in [3.63, 3.8) is 0 Å². The van der Waals surface area contributed by atoms with Gasteiger partial charge >= 0.3 is 0 Å². The van der Waals surface area contributed by atoms with Gasteiger partial charge in [-0.15, -0.1) is 11.3 Å². The van der Waals surface area contributed by atoms with Gasteiger partial charge in [0, 0.05) is 31.2 Å². The van der Waals surface area contributed by atoms with E-state index in [9.17, 15) is 19.2 Å². The van der Waals surface area contributed by atoms with E-state index in [1.807, 2.05) is 30.3 Å². The molecule has 0 saturated carbocycles. The van der Waals surface area contributed by atoms with Crippen molar-refractivity contribution in [2.24, 2.45) is 16.5 Å². The van der Waals surface area contributed by atoms with E-state index >= 15 is 0 Å². The number of nitrogens with two attached hydrogens (primary N) is 2. The molecule has 2 aromatic rings.